The zero-order valence-corrected chi connectivity index (χ0v) is 13.3. The molecule has 0 aromatic heterocycles. The normalized spacial score (nSPS) is 20.5. The maximum atomic E-state index is 12.4. The van der Waals surface area contributed by atoms with Crippen molar-refractivity contribution in [2.75, 3.05) is 19.6 Å². The zero-order chi connectivity index (χ0) is 16.1. The molecule has 122 valence electrons. The first-order chi connectivity index (χ1) is 11.2. The van der Waals surface area contributed by atoms with Crippen molar-refractivity contribution >= 4 is 11.8 Å². The summed E-state index contributed by atoms with van der Waals surface area (Å²) in [4.78, 5) is 26.2. The highest BCUT2D eigenvalue weighted by atomic mass is 16.2. The van der Waals surface area contributed by atoms with E-state index in [1.54, 1.807) is 0 Å². The second-order valence-corrected chi connectivity index (χ2v) is 6.08. The van der Waals surface area contributed by atoms with E-state index in [2.05, 4.69) is 10.6 Å². The third-order valence-electron chi connectivity index (χ3n) is 4.38. The molecule has 0 bridgehead atoms. The van der Waals surface area contributed by atoms with Crippen molar-refractivity contribution in [2.24, 2.45) is 0 Å². The molecule has 5 heteroatoms. The second kappa shape index (κ2) is 7.42. The van der Waals surface area contributed by atoms with Crippen molar-refractivity contribution in [1.29, 1.82) is 0 Å². The van der Waals surface area contributed by atoms with Crippen LogP contribution in [0, 0.1) is 0 Å². The van der Waals surface area contributed by atoms with Gasteiger partial charge in [0.15, 0.2) is 0 Å². The fraction of sp³-hybridized carbons (Fsp3) is 0.444. The molecule has 2 heterocycles. The standard InChI is InChI=1S/C18H23N3O2/c22-17(16-5-4-10-19-16)20-13-14-6-8-15(9-7-14)18(23)21-11-2-1-3-12-21/h4-9,16,19H,1-3,10-13H2,(H,20,22). The molecule has 1 atom stereocenters. The molecular formula is C18H23N3O2. The Balaban J connectivity index is 1.53. The summed E-state index contributed by atoms with van der Waals surface area (Å²) in [5.41, 5.74) is 1.72. The van der Waals surface area contributed by atoms with Crippen LogP contribution in [-0.2, 0) is 11.3 Å². The minimum Gasteiger partial charge on any atom is -0.350 e. The summed E-state index contributed by atoms with van der Waals surface area (Å²) < 4.78 is 0. The van der Waals surface area contributed by atoms with E-state index in [0.29, 0.717) is 6.54 Å². The lowest BCUT2D eigenvalue weighted by molar-refractivity contribution is -0.122. The van der Waals surface area contributed by atoms with Gasteiger partial charge >= 0.3 is 0 Å². The van der Waals surface area contributed by atoms with Crippen LogP contribution in [0.5, 0.6) is 0 Å². The molecule has 0 aliphatic carbocycles. The molecule has 0 spiro atoms. The minimum absolute atomic E-state index is 0.0211. The van der Waals surface area contributed by atoms with Crippen molar-refractivity contribution in [1.82, 2.24) is 15.5 Å². The van der Waals surface area contributed by atoms with Gasteiger partial charge in [-0.1, -0.05) is 24.3 Å². The maximum Gasteiger partial charge on any atom is 0.253 e. The summed E-state index contributed by atoms with van der Waals surface area (Å²) >= 11 is 0. The fourth-order valence-electron chi connectivity index (χ4n) is 2.99. The number of nitrogens with zero attached hydrogens (tertiary/aromatic N) is 1. The number of carbonyl (C=O) groups is 2. The fourth-order valence-corrected chi connectivity index (χ4v) is 2.99. The summed E-state index contributed by atoms with van der Waals surface area (Å²) in [7, 11) is 0. The number of rotatable bonds is 4. The van der Waals surface area contributed by atoms with E-state index < -0.39 is 0 Å². The molecule has 2 aliphatic heterocycles. The lowest BCUT2D eigenvalue weighted by atomic mass is 10.1. The van der Waals surface area contributed by atoms with E-state index in [0.717, 1.165) is 43.6 Å². The molecule has 1 unspecified atom stereocenters. The molecule has 23 heavy (non-hydrogen) atoms. The highest BCUT2D eigenvalue weighted by Crippen LogP contribution is 2.14. The predicted molar refractivity (Wildman–Crippen MR) is 89.0 cm³/mol. The van der Waals surface area contributed by atoms with Crippen LogP contribution < -0.4 is 10.6 Å². The lowest BCUT2D eigenvalue weighted by Crippen LogP contribution is -2.40. The van der Waals surface area contributed by atoms with Crippen LogP contribution in [0.4, 0.5) is 0 Å². The molecule has 2 N–H and O–H groups in total. The summed E-state index contributed by atoms with van der Waals surface area (Å²) in [6.45, 7) is 2.94. The zero-order valence-electron chi connectivity index (χ0n) is 13.3. The Bertz CT molecular complexity index is 589. The number of amides is 2. The van der Waals surface area contributed by atoms with Crippen LogP contribution in [0.1, 0.15) is 35.2 Å². The Labute approximate surface area is 136 Å². The van der Waals surface area contributed by atoms with Gasteiger partial charge in [-0.2, -0.15) is 0 Å². The van der Waals surface area contributed by atoms with Crippen LogP contribution in [-0.4, -0.2) is 42.4 Å². The van der Waals surface area contributed by atoms with Gasteiger partial charge in [-0.25, -0.2) is 0 Å². The summed E-state index contributed by atoms with van der Waals surface area (Å²) in [5, 5.41) is 5.98. The Kier molecular flexibility index (Phi) is 5.08. The first kappa shape index (κ1) is 15.7. The monoisotopic (exact) mass is 313 g/mol. The Morgan fingerprint density at radius 2 is 1.87 bits per heavy atom. The van der Waals surface area contributed by atoms with Gasteiger partial charge in [-0.05, 0) is 37.0 Å². The second-order valence-electron chi connectivity index (χ2n) is 6.08. The van der Waals surface area contributed by atoms with E-state index in [1.165, 1.54) is 6.42 Å². The summed E-state index contributed by atoms with van der Waals surface area (Å²) in [5.74, 6) is 0.0906. The van der Waals surface area contributed by atoms with Gasteiger partial charge in [-0.3, -0.25) is 14.9 Å². The van der Waals surface area contributed by atoms with Crippen molar-refractivity contribution in [3.8, 4) is 0 Å². The van der Waals surface area contributed by atoms with Gasteiger partial charge in [-0.15, -0.1) is 0 Å². The van der Waals surface area contributed by atoms with Gasteiger partial charge in [0.05, 0.1) is 0 Å². The number of hydrogen-bond donors (Lipinski definition) is 2. The summed E-state index contributed by atoms with van der Waals surface area (Å²) in [6, 6.07) is 7.30. The number of likely N-dealkylation sites (tertiary alicyclic amines) is 1. The Morgan fingerprint density at radius 3 is 2.52 bits per heavy atom. The average Bonchev–Trinajstić information content (AvgIpc) is 3.15. The van der Waals surface area contributed by atoms with E-state index in [-0.39, 0.29) is 17.9 Å². The van der Waals surface area contributed by atoms with E-state index in [1.807, 2.05) is 41.3 Å². The van der Waals surface area contributed by atoms with E-state index >= 15 is 0 Å². The third kappa shape index (κ3) is 3.99. The quantitative estimate of drug-likeness (QED) is 0.827. The van der Waals surface area contributed by atoms with Crippen LogP contribution in [0.3, 0.4) is 0 Å². The molecule has 3 rings (SSSR count). The molecule has 1 fully saturated rings. The number of hydrogen-bond acceptors (Lipinski definition) is 3. The van der Waals surface area contributed by atoms with Crippen molar-refractivity contribution in [3.05, 3.63) is 47.5 Å². The average molecular weight is 313 g/mol. The first-order valence-corrected chi connectivity index (χ1v) is 8.30. The van der Waals surface area contributed by atoms with Crippen molar-refractivity contribution in [2.45, 2.75) is 31.8 Å². The Morgan fingerprint density at radius 1 is 1.13 bits per heavy atom. The van der Waals surface area contributed by atoms with Gasteiger partial charge in [0, 0.05) is 31.7 Å². The van der Waals surface area contributed by atoms with Gasteiger partial charge in [0.1, 0.15) is 6.04 Å². The molecular weight excluding hydrogens is 290 g/mol. The molecule has 0 saturated carbocycles. The molecule has 2 aliphatic rings. The largest absolute Gasteiger partial charge is 0.350 e. The summed E-state index contributed by atoms with van der Waals surface area (Å²) in [6.07, 6.45) is 7.23. The van der Waals surface area contributed by atoms with E-state index in [9.17, 15) is 9.59 Å². The van der Waals surface area contributed by atoms with Gasteiger partial charge in [0.25, 0.3) is 5.91 Å². The number of benzene rings is 1. The van der Waals surface area contributed by atoms with Crippen LogP contribution in [0.15, 0.2) is 36.4 Å². The third-order valence-corrected chi connectivity index (χ3v) is 4.38. The van der Waals surface area contributed by atoms with Crippen LogP contribution >= 0.6 is 0 Å². The lowest BCUT2D eigenvalue weighted by Gasteiger charge is -2.26. The van der Waals surface area contributed by atoms with Crippen LogP contribution in [0.2, 0.25) is 0 Å². The van der Waals surface area contributed by atoms with Gasteiger partial charge < -0.3 is 10.2 Å². The van der Waals surface area contributed by atoms with Crippen LogP contribution in [0.25, 0.3) is 0 Å². The van der Waals surface area contributed by atoms with Crippen molar-refractivity contribution < 1.29 is 9.59 Å². The minimum atomic E-state index is -0.227. The number of carbonyl (C=O) groups excluding carboxylic acids is 2. The topological polar surface area (TPSA) is 61.4 Å². The molecule has 1 saturated heterocycles. The number of nitrogens with one attached hydrogen (secondary N) is 2. The highest BCUT2D eigenvalue weighted by Gasteiger charge is 2.18. The Hall–Kier alpha value is -2.14. The molecule has 0 radical (unpaired) electrons. The highest BCUT2D eigenvalue weighted by molar-refractivity contribution is 5.94. The molecule has 1 aromatic rings. The SMILES string of the molecule is O=C(NCc1ccc(C(=O)N2CCCCC2)cc1)C1C=CCN1. The smallest absolute Gasteiger partial charge is 0.253 e. The maximum absolute atomic E-state index is 12.4. The molecule has 5 nitrogen and oxygen atoms in total. The molecule has 2 amide bonds. The van der Waals surface area contributed by atoms with E-state index in [4.69, 9.17) is 0 Å². The molecule has 1 aromatic carbocycles. The predicted octanol–water partition coefficient (Wildman–Crippen LogP) is 1.46. The van der Waals surface area contributed by atoms with Crippen molar-refractivity contribution in [3.63, 3.8) is 0 Å². The number of piperidine rings is 1. The van der Waals surface area contributed by atoms with Gasteiger partial charge in [0.2, 0.25) is 5.91 Å². The first-order valence-electron chi connectivity index (χ1n) is 8.30.